The van der Waals surface area contributed by atoms with Crippen molar-refractivity contribution in [2.24, 2.45) is 28.6 Å². The molecule has 2 fully saturated rings. The maximum atomic E-state index is 2.68. The molecule has 21 heavy (non-hydrogen) atoms. The highest BCUT2D eigenvalue weighted by molar-refractivity contribution is 7.98. The van der Waals surface area contributed by atoms with Gasteiger partial charge in [-0.2, -0.15) is 11.8 Å². The number of hydrogen-bond donors (Lipinski definition) is 0. The van der Waals surface area contributed by atoms with Crippen LogP contribution in [0.5, 0.6) is 0 Å². The van der Waals surface area contributed by atoms with Crippen LogP contribution < -0.4 is 0 Å². The molecule has 120 valence electrons. The van der Waals surface area contributed by atoms with Gasteiger partial charge in [0.15, 0.2) is 0 Å². The fraction of sp³-hybridized carbons (Fsp3) is 0.900. The minimum absolute atomic E-state index is 0.583. The van der Waals surface area contributed by atoms with Gasteiger partial charge in [-0.25, -0.2) is 0 Å². The first-order chi connectivity index (χ1) is 9.97. The molecule has 2 saturated carbocycles. The summed E-state index contributed by atoms with van der Waals surface area (Å²) in [4.78, 5) is 0. The predicted molar refractivity (Wildman–Crippen MR) is 95.8 cm³/mol. The minimum atomic E-state index is 0.583. The Morgan fingerprint density at radius 3 is 2.71 bits per heavy atom. The lowest BCUT2D eigenvalue weighted by Crippen LogP contribution is -2.51. The van der Waals surface area contributed by atoms with Crippen LogP contribution in [0.3, 0.4) is 0 Å². The summed E-state index contributed by atoms with van der Waals surface area (Å²) < 4.78 is 0. The van der Waals surface area contributed by atoms with E-state index in [1.807, 2.05) is 11.8 Å². The van der Waals surface area contributed by atoms with Gasteiger partial charge >= 0.3 is 0 Å². The highest BCUT2D eigenvalue weighted by Crippen LogP contribution is 2.63. The number of thioether (sulfide) groups is 1. The summed E-state index contributed by atoms with van der Waals surface area (Å²) in [5, 5.41) is 0. The van der Waals surface area contributed by atoms with E-state index in [1.165, 1.54) is 57.1 Å². The third-order valence-corrected chi connectivity index (χ3v) is 7.99. The first-order valence-corrected chi connectivity index (χ1v) is 10.5. The Bertz CT molecular complexity index is 408. The molecule has 1 heteroatoms. The van der Waals surface area contributed by atoms with Gasteiger partial charge < -0.3 is 0 Å². The molecule has 4 unspecified atom stereocenters. The quantitative estimate of drug-likeness (QED) is 0.538. The Morgan fingerprint density at radius 2 is 1.95 bits per heavy atom. The number of fused-ring (bicyclic) bond motifs is 3. The van der Waals surface area contributed by atoms with Crippen LogP contribution in [0.2, 0.25) is 0 Å². The Hall–Kier alpha value is 0.0900. The minimum Gasteiger partial charge on any atom is -0.161 e. The second kappa shape index (κ2) is 5.95. The molecule has 0 aromatic rings. The zero-order valence-corrected chi connectivity index (χ0v) is 15.4. The Morgan fingerprint density at radius 1 is 1.14 bits per heavy atom. The first kappa shape index (κ1) is 16.0. The van der Waals surface area contributed by atoms with E-state index >= 15 is 0 Å². The SMILES string of the molecule is CSCC1=CCC2CCC3C(C)(C)CCCC3(C)C2CC1. The van der Waals surface area contributed by atoms with Gasteiger partial charge in [0.25, 0.3) is 0 Å². The highest BCUT2D eigenvalue weighted by atomic mass is 32.2. The maximum Gasteiger partial charge on any atom is 0.0140 e. The van der Waals surface area contributed by atoms with Crippen molar-refractivity contribution in [2.45, 2.75) is 72.1 Å². The Balaban J connectivity index is 1.82. The molecule has 0 aromatic carbocycles. The molecule has 0 radical (unpaired) electrons. The second-order valence-corrected chi connectivity index (χ2v) is 9.78. The van der Waals surface area contributed by atoms with Crippen molar-refractivity contribution in [1.82, 2.24) is 0 Å². The van der Waals surface area contributed by atoms with E-state index < -0.39 is 0 Å². The number of allylic oxidation sites excluding steroid dienone is 1. The molecule has 0 spiro atoms. The van der Waals surface area contributed by atoms with E-state index in [2.05, 4.69) is 33.1 Å². The van der Waals surface area contributed by atoms with Crippen molar-refractivity contribution < 1.29 is 0 Å². The summed E-state index contributed by atoms with van der Waals surface area (Å²) in [6.07, 6.45) is 16.5. The molecule has 0 saturated heterocycles. The zero-order chi connectivity index (χ0) is 15.1. The lowest BCUT2D eigenvalue weighted by Gasteiger charge is -2.59. The number of rotatable bonds is 2. The number of hydrogen-bond acceptors (Lipinski definition) is 1. The molecular formula is C20H34S. The van der Waals surface area contributed by atoms with Gasteiger partial charge in [0.05, 0.1) is 0 Å². The van der Waals surface area contributed by atoms with Crippen LogP contribution >= 0.6 is 11.8 Å². The summed E-state index contributed by atoms with van der Waals surface area (Å²) >= 11 is 2.00. The fourth-order valence-electron chi connectivity index (χ4n) is 6.38. The van der Waals surface area contributed by atoms with Crippen molar-refractivity contribution in [3.63, 3.8) is 0 Å². The van der Waals surface area contributed by atoms with Crippen molar-refractivity contribution in [2.75, 3.05) is 12.0 Å². The third kappa shape index (κ3) is 2.84. The molecule has 0 nitrogen and oxygen atoms in total. The smallest absolute Gasteiger partial charge is 0.0140 e. The Labute approximate surface area is 136 Å². The van der Waals surface area contributed by atoms with Crippen LogP contribution in [-0.2, 0) is 0 Å². The topological polar surface area (TPSA) is 0 Å². The fourth-order valence-corrected chi connectivity index (χ4v) is 7.01. The van der Waals surface area contributed by atoms with Gasteiger partial charge in [0.2, 0.25) is 0 Å². The van der Waals surface area contributed by atoms with E-state index in [9.17, 15) is 0 Å². The van der Waals surface area contributed by atoms with Gasteiger partial charge in [-0.1, -0.05) is 38.8 Å². The molecule has 4 atom stereocenters. The van der Waals surface area contributed by atoms with Gasteiger partial charge in [-0.05, 0) is 79.8 Å². The van der Waals surface area contributed by atoms with E-state index in [4.69, 9.17) is 0 Å². The summed E-state index contributed by atoms with van der Waals surface area (Å²) in [6.45, 7) is 7.79. The molecule has 0 heterocycles. The molecule has 0 aromatic heterocycles. The van der Waals surface area contributed by atoms with Gasteiger partial charge in [0.1, 0.15) is 0 Å². The Kier molecular flexibility index (Phi) is 4.52. The third-order valence-electron chi connectivity index (χ3n) is 7.33. The molecular weight excluding hydrogens is 272 g/mol. The molecule has 3 rings (SSSR count). The highest BCUT2D eigenvalue weighted by Gasteiger charge is 2.54. The maximum absolute atomic E-state index is 2.68. The van der Waals surface area contributed by atoms with Crippen molar-refractivity contribution >= 4 is 11.8 Å². The molecule has 0 amide bonds. The second-order valence-electron chi connectivity index (χ2n) is 8.91. The largest absolute Gasteiger partial charge is 0.161 e. The van der Waals surface area contributed by atoms with E-state index in [0.29, 0.717) is 10.8 Å². The standard InChI is InChI=1S/C20H34S/c1-19(2)12-5-13-20(3)17-10-7-15(14-21-4)6-8-16(17)9-11-18(19)20/h6,16-18H,5,7-14H2,1-4H3. The van der Waals surface area contributed by atoms with Crippen LogP contribution in [0.15, 0.2) is 11.6 Å². The normalized spacial score (nSPS) is 42.5. The molecule has 0 aliphatic heterocycles. The molecule has 3 aliphatic carbocycles. The van der Waals surface area contributed by atoms with Crippen LogP contribution in [0.25, 0.3) is 0 Å². The summed E-state index contributed by atoms with van der Waals surface area (Å²) in [7, 11) is 0. The van der Waals surface area contributed by atoms with Gasteiger partial charge in [-0.15, -0.1) is 0 Å². The van der Waals surface area contributed by atoms with Crippen molar-refractivity contribution in [1.29, 1.82) is 0 Å². The van der Waals surface area contributed by atoms with Crippen LogP contribution in [0, 0.1) is 28.6 Å². The zero-order valence-electron chi connectivity index (χ0n) is 14.6. The average molecular weight is 307 g/mol. The summed E-state index contributed by atoms with van der Waals surface area (Å²) in [6, 6.07) is 0. The van der Waals surface area contributed by atoms with Crippen LogP contribution in [0.1, 0.15) is 72.1 Å². The first-order valence-electron chi connectivity index (χ1n) is 9.14. The van der Waals surface area contributed by atoms with Gasteiger partial charge in [0, 0.05) is 5.75 Å². The van der Waals surface area contributed by atoms with E-state index in [0.717, 1.165) is 17.8 Å². The van der Waals surface area contributed by atoms with E-state index in [1.54, 1.807) is 5.57 Å². The lowest BCUT2D eigenvalue weighted by molar-refractivity contribution is -0.0977. The van der Waals surface area contributed by atoms with Crippen LogP contribution in [-0.4, -0.2) is 12.0 Å². The van der Waals surface area contributed by atoms with Gasteiger partial charge in [-0.3, -0.25) is 0 Å². The molecule has 0 bridgehead atoms. The summed E-state index contributed by atoms with van der Waals surface area (Å²) in [5.41, 5.74) is 2.96. The molecule has 3 aliphatic rings. The molecule has 0 N–H and O–H groups in total. The van der Waals surface area contributed by atoms with Crippen LogP contribution in [0.4, 0.5) is 0 Å². The average Bonchev–Trinajstić information content (AvgIpc) is 2.62. The lowest BCUT2D eigenvalue weighted by atomic mass is 9.46. The van der Waals surface area contributed by atoms with Crippen molar-refractivity contribution in [3.05, 3.63) is 11.6 Å². The monoisotopic (exact) mass is 306 g/mol. The van der Waals surface area contributed by atoms with Crippen molar-refractivity contribution in [3.8, 4) is 0 Å². The summed E-state index contributed by atoms with van der Waals surface area (Å²) in [5.74, 6) is 4.22. The van der Waals surface area contributed by atoms with E-state index in [-0.39, 0.29) is 0 Å². The predicted octanol–water partition coefficient (Wildman–Crippen LogP) is 6.32.